The maximum Gasteiger partial charge on any atom is 0.211 e. The van der Waals surface area contributed by atoms with E-state index in [0.717, 1.165) is 17.8 Å². The molecule has 1 amide bonds. The number of amides is 1. The SMILES string of the molecule is CCNC.Cc1ccccc1NC=O. The quantitative estimate of drug-likeness (QED) is 0.720. The lowest BCUT2D eigenvalue weighted by molar-refractivity contribution is -0.105. The number of rotatable bonds is 3. The van der Waals surface area contributed by atoms with Crippen LogP contribution in [0.25, 0.3) is 0 Å². The van der Waals surface area contributed by atoms with Crippen LogP contribution in [-0.2, 0) is 4.79 Å². The molecule has 78 valence electrons. The van der Waals surface area contributed by atoms with E-state index in [4.69, 9.17) is 0 Å². The summed E-state index contributed by atoms with van der Waals surface area (Å²) in [7, 11) is 1.93. The van der Waals surface area contributed by atoms with Crippen LogP contribution in [0, 0.1) is 6.92 Å². The molecule has 14 heavy (non-hydrogen) atoms. The first-order valence-electron chi connectivity index (χ1n) is 4.66. The molecular formula is C11H18N2O. The van der Waals surface area contributed by atoms with Crippen LogP contribution in [0.3, 0.4) is 0 Å². The maximum atomic E-state index is 10.0. The molecule has 2 N–H and O–H groups in total. The average Bonchev–Trinajstić information content (AvgIpc) is 2.22. The molecule has 1 aromatic rings. The Morgan fingerprint density at radius 3 is 2.36 bits per heavy atom. The number of carbonyl (C=O) groups excluding carboxylic acids is 1. The van der Waals surface area contributed by atoms with Crippen LogP contribution >= 0.6 is 0 Å². The fraction of sp³-hybridized carbons (Fsp3) is 0.364. The van der Waals surface area contributed by atoms with Crippen LogP contribution in [0.15, 0.2) is 24.3 Å². The number of hydrogen-bond acceptors (Lipinski definition) is 2. The minimum Gasteiger partial charge on any atom is -0.328 e. The van der Waals surface area contributed by atoms with Gasteiger partial charge in [-0.25, -0.2) is 0 Å². The van der Waals surface area contributed by atoms with Gasteiger partial charge >= 0.3 is 0 Å². The largest absolute Gasteiger partial charge is 0.328 e. The second-order valence-electron chi connectivity index (χ2n) is 2.78. The zero-order valence-electron chi connectivity index (χ0n) is 9.00. The molecule has 3 nitrogen and oxygen atoms in total. The van der Waals surface area contributed by atoms with Crippen molar-refractivity contribution in [2.45, 2.75) is 13.8 Å². The van der Waals surface area contributed by atoms with Gasteiger partial charge in [0.15, 0.2) is 0 Å². The van der Waals surface area contributed by atoms with E-state index in [0.29, 0.717) is 6.41 Å². The molecular weight excluding hydrogens is 176 g/mol. The van der Waals surface area contributed by atoms with Crippen molar-refractivity contribution in [2.24, 2.45) is 0 Å². The van der Waals surface area contributed by atoms with Crippen molar-refractivity contribution < 1.29 is 4.79 Å². The van der Waals surface area contributed by atoms with Crippen LogP contribution < -0.4 is 10.6 Å². The second-order valence-corrected chi connectivity index (χ2v) is 2.78. The second kappa shape index (κ2) is 8.26. The minimum absolute atomic E-state index is 0.683. The number of hydrogen-bond donors (Lipinski definition) is 2. The molecule has 0 unspecified atom stereocenters. The van der Waals surface area contributed by atoms with E-state index in [1.165, 1.54) is 0 Å². The van der Waals surface area contributed by atoms with E-state index in [2.05, 4.69) is 17.6 Å². The van der Waals surface area contributed by atoms with E-state index in [1.807, 2.05) is 38.2 Å². The zero-order valence-corrected chi connectivity index (χ0v) is 9.00. The molecule has 0 radical (unpaired) electrons. The molecule has 0 aromatic heterocycles. The van der Waals surface area contributed by atoms with Gasteiger partial charge in [0.25, 0.3) is 0 Å². The standard InChI is InChI=1S/C8H9NO.C3H9N/c1-7-4-2-3-5-8(7)9-6-10;1-3-4-2/h2-6H,1H3,(H,9,10);4H,3H2,1-2H3. The van der Waals surface area contributed by atoms with Crippen molar-refractivity contribution in [3.8, 4) is 0 Å². The summed E-state index contributed by atoms with van der Waals surface area (Å²) in [5.41, 5.74) is 1.95. The highest BCUT2D eigenvalue weighted by Crippen LogP contribution is 2.11. The number of benzene rings is 1. The third-order valence-electron chi connectivity index (χ3n) is 1.71. The Bertz CT molecular complexity index is 259. The van der Waals surface area contributed by atoms with Crippen LogP contribution in [0.1, 0.15) is 12.5 Å². The normalized spacial score (nSPS) is 8.50. The van der Waals surface area contributed by atoms with Crippen LogP contribution in [0.2, 0.25) is 0 Å². The van der Waals surface area contributed by atoms with Gasteiger partial charge < -0.3 is 10.6 Å². The van der Waals surface area contributed by atoms with Crippen molar-refractivity contribution >= 4 is 12.1 Å². The van der Waals surface area contributed by atoms with E-state index < -0.39 is 0 Å². The molecule has 0 aliphatic heterocycles. The van der Waals surface area contributed by atoms with Gasteiger partial charge in [0.05, 0.1) is 0 Å². The van der Waals surface area contributed by atoms with Crippen LogP contribution in [0.4, 0.5) is 5.69 Å². The van der Waals surface area contributed by atoms with Crippen molar-refractivity contribution in [3.63, 3.8) is 0 Å². The maximum absolute atomic E-state index is 10.0. The smallest absolute Gasteiger partial charge is 0.211 e. The lowest BCUT2D eigenvalue weighted by atomic mass is 10.2. The molecule has 3 heteroatoms. The highest BCUT2D eigenvalue weighted by molar-refractivity contribution is 5.72. The van der Waals surface area contributed by atoms with Crippen molar-refractivity contribution in [1.82, 2.24) is 5.32 Å². The first-order chi connectivity index (χ1) is 6.76. The molecule has 0 spiro atoms. The first-order valence-corrected chi connectivity index (χ1v) is 4.66. The van der Waals surface area contributed by atoms with Gasteiger partial charge in [-0.05, 0) is 32.1 Å². The third-order valence-corrected chi connectivity index (χ3v) is 1.71. The Morgan fingerprint density at radius 1 is 1.36 bits per heavy atom. The summed E-state index contributed by atoms with van der Waals surface area (Å²) in [5.74, 6) is 0. The van der Waals surface area contributed by atoms with Crippen LogP contribution in [-0.4, -0.2) is 20.0 Å². The van der Waals surface area contributed by atoms with Crippen LogP contribution in [0.5, 0.6) is 0 Å². The number of aryl methyl sites for hydroxylation is 1. The topological polar surface area (TPSA) is 41.1 Å². The van der Waals surface area contributed by atoms with Gasteiger partial charge in [0.2, 0.25) is 6.41 Å². The predicted octanol–water partition coefficient (Wildman–Crippen LogP) is 1.79. The van der Waals surface area contributed by atoms with Crippen molar-refractivity contribution in [3.05, 3.63) is 29.8 Å². The van der Waals surface area contributed by atoms with Gasteiger partial charge in [-0.2, -0.15) is 0 Å². The average molecular weight is 194 g/mol. The summed E-state index contributed by atoms with van der Waals surface area (Å²) in [5, 5.41) is 5.53. The number of nitrogens with one attached hydrogen (secondary N) is 2. The molecule has 1 rings (SSSR count). The first kappa shape index (κ1) is 12.7. The molecule has 0 aliphatic rings. The summed E-state index contributed by atoms with van der Waals surface area (Å²) >= 11 is 0. The number of para-hydroxylation sites is 1. The molecule has 0 fully saturated rings. The predicted molar refractivity (Wildman–Crippen MR) is 60.5 cm³/mol. The van der Waals surface area contributed by atoms with Gasteiger partial charge in [-0.3, -0.25) is 4.79 Å². The van der Waals surface area contributed by atoms with E-state index in [1.54, 1.807) is 0 Å². The molecule has 1 aromatic carbocycles. The highest BCUT2D eigenvalue weighted by Gasteiger charge is 1.91. The van der Waals surface area contributed by atoms with Crippen molar-refractivity contribution in [1.29, 1.82) is 0 Å². The molecule has 0 atom stereocenters. The number of carbonyl (C=O) groups is 1. The summed E-state index contributed by atoms with van der Waals surface area (Å²) in [6.07, 6.45) is 0.683. The summed E-state index contributed by atoms with van der Waals surface area (Å²) in [4.78, 5) is 10.0. The lowest BCUT2D eigenvalue weighted by Gasteiger charge is -2.00. The van der Waals surface area contributed by atoms with Gasteiger partial charge in [-0.15, -0.1) is 0 Å². The Hall–Kier alpha value is -1.35. The Morgan fingerprint density at radius 2 is 1.93 bits per heavy atom. The van der Waals surface area contributed by atoms with Crippen molar-refractivity contribution in [2.75, 3.05) is 18.9 Å². The number of anilines is 1. The Balaban J connectivity index is 0.000000364. The van der Waals surface area contributed by atoms with Gasteiger partial charge in [0, 0.05) is 5.69 Å². The summed E-state index contributed by atoms with van der Waals surface area (Å²) in [6, 6.07) is 7.64. The molecule has 0 saturated carbocycles. The Labute approximate surface area is 85.5 Å². The molecule has 0 saturated heterocycles. The third kappa shape index (κ3) is 5.32. The fourth-order valence-corrected chi connectivity index (χ4v) is 0.798. The van der Waals surface area contributed by atoms with E-state index in [-0.39, 0.29) is 0 Å². The minimum atomic E-state index is 0.683. The monoisotopic (exact) mass is 194 g/mol. The Kier molecular flexibility index (Phi) is 7.46. The lowest BCUT2D eigenvalue weighted by Crippen LogP contribution is -2.01. The summed E-state index contributed by atoms with van der Waals surface area (Å²) in [6.45, 7) is 5.09. The van der Waals surface area contributed by atoms with E-state index in [9.17, 15) is 4.79 Å². The highest BCUT2D eigenvalue weighted by atomic mass is 16.1. The van der Waals surface area contributed by atoms with Gasteiger partial charge in [0.1, 0.15) is 0 Å². The molecule has 0 heterocycles. The molecule has 0 aliphatic carbocycles. The molecule has 0 bridgehead atoms. The van der Waals surface area contributed by atoms with E-state index >= 15 is 0 Å². The van der Waals surface area contributed by atoms with Gasteiger partial charge in [-0.1, -0.05) is 25.1 Å². The summed E-state index contributed by atoms with van der Waals surface area (Å²) < 4.78 is 0. The fourth-order valence-electron chi connectivity index (χ4n) is 0.798. The zero-order chi connectivity index (χ0) is 10.8.